The minimum absolute atomic E-state index is 0.183. The molecule has 4 heteroatoms. The van der Waals surface area contributed by atoms with E-state index in [4.69, 9.17) is 22.1 Å². The Morgan fingerprint density at radius 2 is 2.00 bits per heavy atom. The first-order valence-electron chi connectivity index (χ1n) is 6.61. The van der Waals surface area contributed by atoms with Gasteiger partial charge in [0.25, 0.3) is 0 Å². The van der Waals surface area contributed by atoms with Crippen LogP contribution in [0.4, 0.5) is 0 Å². The first-order valence-corrected chi connectivity index (χ1v) is 7.78. The molecule has 0 aromatic heterocycles. The van der Waals surface area contributed by atoms with E-state index in [0.717, 1.165) is 40.8 Å². The van der Waals surface area contributed by atoms with Crippen molar-refractivity contribution in [1.82, 2.24) is 0 Å². The van der Waals surface area contributed by atoms with Gasteiger partial charge in [0, 0.05) is 9.50 Å². The fourth-order valence-electron chi connectivity index (χ4n) is 2.52. The zero-order valence-electron chi connectivity index (χ0n) is 10.9. The van der Waals surface area contributed by atoms with Crippen molar-refractivity contribution in [2.45, 2.75) is 18.9 Å². The van der Waals surface area contributed by atoms with E-state index in [1.54, 1.807) is 0 Å². The number of aryl methyl sites for hydroxylation is 1. The van der Waals surface area contributed by atoms with Crippen LogP contribution >= 0.6 is 27.5 Å². The number of halogens is 2. The second-order valence-electron chi connectivity index (χ2n) is 5.00. The number of benzene rings is 2. The van der Waals surface area contributed by atoms with E-state index < -0.39 is 0 Å². The van der Waals surface area contributed by atoms with Crippen molar-refractivity contribution in [2.24, 2.45) is 5.73 Å². The topological polar surface area (TPSA) is 35.2 Å². The van der Waals surface area contributed by atoms with Gasteiger partial charge in [0.05, 0.1) is 12.6 Å². The molecule has 2 nitrogen and oxygen atoms in total. The average molecular weight is 353 g/mol. The van der Waals surface area contributed by atoms with E-state index in [1.807, 2.05) is 30.3 Å². The van der Waals surface area contributed by atoms with Crippen LogP contribution in [0.3, 0.4) is 0 Å². The Balaban J connectivity index is 1.95. The molecule has 3 rings (SSSR count). The summed E-state index contributed by atoms with van der Waals surface area (Å²) in [4.78, 5) is 0. The van der Waals surface area contributed by atoms with E-state index in [9.17, 15) is 0 Å². The molecule has 2 N–H and O–H groups in total. The van der Waals surface area contributed by atoms with Gasteiger partial charge in [0.15, 0.2) is 0 Å². The second kappa shape index (κ2) is 5.76. The molecule has 2 aromatic carbocycles. The van der Waals surface area contributed by atoms with E-state index >= 15 is 0 Å². The highest BCUT2D eigenvalue weighted by Crippen LogP contribution is 2.31. The molecule has 0 amide bonds. The number of nitrogens with two attached hydrogens (primary N) is 1. The Kier molecular flexibility index (Phi) is 4.01. The second-order valence-corrected chi connectivity index (χ2v) is 6.35. The normalized spacial score (nSPS) is 15.3. The summed E-state index contributed by atoms with van der Waals surface area (Å²) < 4.78 is 6.57. The lowest BCUT2D eigenvalue weighted by molar-refractivity contribution is 0.288. The monoisotopic (exact) mass is 351 g/mol. The van der Waals surface area contributed by atoms with Crippen LogP contribution in [0.2, 0.25) is 5.02 Å². The summed E-state index contributed by atoms with van der Waals surface area (Å²) in [5, 5.41) is 0.686. The lowest BCUT2D eigenvalue weighted by Gasteiger charge is -2.20. The number of rotatable bonds is 2. The van der Waals surface area contributed by atoms with Crippen LogP contribution in [0.5, 0.6) is 5.75 Å². The van der Waals surface area contributed by atoms with Crippen LogP contribution in [0, 0.1) is 0 Å². The van der Waals surface area contributed by atoms with Gasteiger partial charge in [-0.3, -0.25) is 0 Å². The SMILES string of the molecule is NC(c1cc(Cl)cc(Br)c1)c1ccc2c(c1)CCCO2. The highest BCUT2D eigenvalue weighted by atomic mass is 79.9. The predicted octanol–water partition coefficient (Wildman–Crippen LogP) is 4.48. The molecule has 0 aliphatic carbocycles. The van der Waals surface area contributed by atoms with Crippen LogP contribution < -0.4 is 10.5 Å². The summed E-state index contributed by atoms with van der Waals surface area (Å²) in [5.74, 6) is 0.986. The zero-order valence-corrected chi connectivity index (χ0v) is 13.2. The maximum Gasteiger partial charge on any atom is 0.122 e. The van der Waals surface area contributed by atoms with Crippen molar-refractivity contribution >= 4 is 27.5 Å². The van der Waals surface area contributed by atoms with Crippen molar-refractivity contribution in [3.63, 3.8) is 0 Å². The van der Waals surface area contributed by atoms with Gasteiger partial charge in [-0.05, 0) is 53.8 Å². The zero-order chi connectivity index (χ0) is 14.1. The van der Waals surface area contributed by atoms with Crippen LogP contribution in [-0.2, 0) is 6.42 Å². The van der Waals surface area contributed by atoms with Crippen LogP contribution in [0.1, 0.15) is 29.2 Å². The van der Waals surface area contributed by atoms with Crippen molar-refractivity contribution in [3.8, 4) is 5.75 Å². The molecular formula is C16H15BrClNO. The maximum atomic E-state index is 6.37. The van der Waals surface area contributed by atoms with Crippen molar-refractivity contribution in [3.05, 3.63) is 62.6 Å². The quantitative estimate of drug-likeness (QED) is 0.865. The summed E-state index contributed by atoms with van der Waals surface area (Å²) in [6.45, 7) is 0.805. The van der Waals surface area contributed by atoms with Gasteiger partial charge in [-0.15, -0.1) is 0 Å². The highest BCUT2D eigenvalue weighted by Gasteiger charge is 2.15. The molecule has 0 fully saturated rings. The van der Waals surface area contributed by atoms with Crippen molar-refractivity contribution in [2.75, 3.05) is 6.61 Å². The van der Waals surface area contributed by atoms with E-state index in [1.165, 1.54) is 5.56 Å². The van der Waals surface area contributed by atoms with E-state index in [-0.39, 0.29) is 6.04 Å². The molecule has 2 aromatic rings. The Morgan fingerprint density at radius 3 is 2.80 bits per heavy atom. The largest absolute Gasteiger partial charge is 0.493 e. The third-order valence-corrected chi connectivity index (χ3v) is 4.21. The molecule has 0 radical (unpaired) electrons. The predicted molar refractivity (Wildman–Crippen MR) is 85.4 cm³/mol. The average Bonchev–Trinajstić information content (AvgIpc) is 2.45. The van der Waals surface area contributed by atoms with Crippen molar-refractivity contribution in [1.29, 1.82) is 0 Å². The van der Waals surface area contributed by atoms with Crippen LogP contribution in [0.15, 0.2) is 40.9 Å². The standard InChI is InChI=1S/C16H15BrClNO/c17-13-7-12(8-14(18)9-13)16(19)11-3-4-15-10(6-11)2-1-5-20-15/h3-4,6-9,16H,1-2,5,19H2. The van der Waals surface area contributed by atoms with Gasteiger partial charge in [0.1, 0.15) is 5.75 Å². The third kappa shape index (κ3) is 2.85. The third-order valence-electron chi connectivity index (χ3n) is 3.54. The molecule has 1 aliphatic heterocycles. The smallest absolute Gasteiger partial charge is 0.122 e. The van der Waals surface area contributed by atoms with Gasteiger partial charge in [-0.25, -0.2) is 0 Å². The number of ether oxygens (including phenoxy) is 1. The molecule has 104 valence electrons. The fraction of sp³-hybridized carbons (Fsp3) is 0.250. The molecule has 0 saturated carbocycles. The van der Waals surface area contributed by atoms with Crippen LogP contribution in [0.25, 0.3) is 0 Å². The molecule has 1 unspecified atom stereocenters. The summed E-state index contributed by atoms with van der Waals surface area (Å²) in [5.41, 5.74) is 9.70. The molecule has 0 bridgehead atoms. The molecule has 0 spiro atoms. The minimum Gasteiger partial charge on any atom is -0.493 e. The lowest BCUT2D eigenvalue weighted by atomic mass is 9.95. The number of hydrogen-bond acceptors (Lipinski definition) is 2. The minimum atomic E-state index is -0.183. The lowest BCUT2D eigenvalue weighted by Crippen LogP contribution is -2.14. The highest BCUT2D eigenvalue weighted by molar-refractivity contribution is 9.10. The summed E-state index contributed by atoms with van der Waals surface area (Å²) in [6, 6.07) is 11.8. The molecule has 1 aliphatic rings. The van der Waals surface area contributed by atoms with Gasteiger partial charge in [-0.2, -0.15) is 0 Å². The molecular weight excluding hydrogens is 338 g/mol. The number of fused-ring (bicyclic) bond motifs is 1. The van der Waals surface area contributed by atoms with Gasteiger partial charge < -0.3 is 10.5 Å². The van der Waals surface area contributed by atoms with E-state index in [0.29, 0.717) is 5.02 Å². The number of hydrogen-bond donors (Lipinski definition) is 1. The Morgan fingerprint density at radius 1 is 1.15 bits per heavy atom. The Hall–Kier alpha value is -1.03. The summed E-state index contributed by atoms with van der Waals surface area (Å²) in [6.07, 6.45) is 2.11. The molecule has 0 saturated heterocycles. The summed E-state index contributed by atoms with van der Waals surface area (Å²) in [7, 11) is 0. The van der Waals surface area contributed by atoms with Crippen molar-refractivity contribution < 1.29 is 4.74 Å². The van der Waals surface area contributed by atoms with Gasteiger partial charge in [-0.1, -0.05) is 39.7 Å². The van der Waals surface area contributed by atoms with Crippen LogP contribution in [-0.4, -0.2) is 6.61 Å². The maximum absolute atomic E-state index is 6.37. The Labute approximate surface area is 132 Å². The van der Waals surface area contributed by atoms with Gasteiger partial charge >= 0.3 is 0 Å². The summed E-state index contributed by atoms with van der Waals surface area (Å²) >= 11 is 9.55. The van der Waals surface area contributed by atoms with Gasteiger partial charge in [0.2, 0.25) is 0 Å². The fourth-order valence-corrected chi connectivity index (χ4v) is 3.41. The Bertz CT molecular complexity index is 624. The molecule has 20 heavy (non-hydrogen) atoms. The molecule has 1 heterocycles. The molecule has 1 atom stereocenters. The first-order chi connectivity index (χ1) is 9.63. The first kappa shape index (κ1) is 13.9. The van der Waals surface area contributed by atoms with E-state index in [2.05, 4.69) is 22.0 Å².